The molecule has 0 saturated heterocycles. The molecule has 0 fully saturated rings. The van der Waals surface area contributed by atoms with Crippen molar-refractivity contribution in [2.24, 2.45) is 11.0 Å². The van der Waals surface area contributed by atoms with Crippen molar-refractivity contribution in [3.63, 3.8) is 0 Å². The van der Waals surface area contributed by atoms with Crippen LogP contribution in [0.4, 0.5) is 18.9 Å². The lowest BCUT2D eigenvalue weighted by Crippen LogP contribution is -2.28. The predicted molar refractivity (Wildman–Crippen MR) is 107 cm³/mol. The Bertz CT molecular complexity index is 1030. The average molecular weight is 437 g/mol. The summed E-state index contributed by atoms with van der Waals surface area (Å²) in [5, 5.41) is 15.4. The predicted octanol–water partition coefficient (Wildman–Crippen LogP) is 5.26. The van der Waals surface area contributed by atoms with Crippen molar-refractivity contribution in [2.75, 3.05) is 5.01 Å². The Hall–Kier alpha value is -3.13. The number of benzene rings is 2. The average Bonchev–Trinajstić information content (AvgIpc) is 2.96. The molecule has 30 heavy (non-hydrogen) atoms. The summed E-state index contributed by atoms with van der Waals surface area (Å²) in [5.41, 5.74) is 0.282. The molecule has 0 radical (unpaired) electrons. The van der Waals surface area contributed by atoms with Crippen LogP contribution in [0.1, 0.15) is 24.5 Å². The van der Waals surface area contributed by atoms with Crippen LogP contribution in [-0.4, -0.2) is 22.7 Å². The first-order valence-electron chi connectivity index (χ1n) is 8.82. The summed E-state index contributed by atoms with van der Waals surface area (Å²) in [4.78, 5) is 24.5. The van der Waals surface area contributed by atoms with E-state index in [1.165, 1.54) is 23.2 Å². The highest BCUT2D eigenvalue weighted by atomic mass is 35.5. The molecule has 1 aliphatic heterocycles. The molecule has 2 aromatic carbocycles. The van der Waals surface area contributed by atoms with Crippen LogP contribution in [0.25, 0.3) is 6.08 Å². The molecule has 0 aliphatic carbocycles. The number of hydrogen-bond donors (Lipinski definition) is 1. The van der Waals surface area contributed by atoms with Crippen LogP contribution < -0.4 is 5.01 Å². The minimum Gasteiger partial charge on any atom is -0.478 e. The van der Waals surface area contributed by atoms with Gasteiger partial charge in [-0.2, -0.15) is 18.3 Å². The normalized spacial score (nSPS) is 17.3. The summed E-state index contributed by atoms with van der Waals surface area (Å²) in [6.07, 6.45) is -3.37. The van der Waals surface area contributed by atoms with Crippen LogP contribution in [0.15, 0.2) is 59.2 Å². The van der Waals surface area contributed by atoms with Crippen LogP contribution >= 0.6 is 11.6 Å². The number of rotatable bonds is 5. The molecule has 156 valence electrons. The third-order valence-electron chi connectivity index (χ3n) is 4.62. The van der Waals surface area contributed by atoms with Gasteiger partial charge in [0, 0.05) is 16.3 Å². The van der Waals surface area contributed by atoms with Gasteiger partial charge in [-0.15, -0.1) is 0 Å². The largest absolute Gasteiger partial charge is 0.478 e. The molecule has 5 nitrogen and oxygen atoms in total. The van der Waals surface area contributed by atoms with Crippen molar-refractivity contribution < 1.29 is 27.9 Å². The molecular formula is C21H16ClF3N2O3. The van der Waals surface area contributed by atoms with Gasteiger partial charge in [0.05, 0.1) is 17.2 Å². The highest BCUT2D eigenvalue weighted by Gasteiger charge is 2.36. The number of aliphatic carboxylic acids is 1. The molecule has 1 N–H and O–H groups in total. The zero-order valence-corrected chi connectivity index (χ0v) is 16.4. The summed E-state index contributed by atoms with van der Waals surface area (Å²) < 4.78 is 38.1. The van der Waals surface area contributed by atoms with E-state index in [1.807, 2.05) is 0 Å². The first-order chi connectivity index (χ1) is 14.1. The zero-order chi connectivity index (χ0) is 22.1. The van der Waals surface area contributed by atoms with Gasteiger partial charge in [0.25, 0.3) is 5.91 Å². The molecule has 9 heteroatoms. The minimum atomic E-state index is -4.48. The third-order valence-corrected chi connectivity index (χ3v) is 4.87. The maximum absolute atomic E-state index is 12.8. The van der Waals surface area contributed by atoms with Crippen molar-refractivity contribution in [2.45, 2.75) is 19.5 Å². The lowest BCUT2D eigenvalue weighted by molar-refractivity contribution is -0.137. The number of carbonyl (C=O) groups excluding carboxylic acids is 1. The molecular weight excluding hydrogens is 421 g/mol. The number of halogens is 4. The Morgan fingerprint density at radius 2 is 1.77 bits per heavy atom. The number of carboxylic acids is 1. The van der Waals surface area contributed by atoms with Gasteiger partial charge in [-0.25, -0.2) is 9.80 Å². The number of carboxylic acid groups (broad SMARTS) is 1. The maximum atomic E-state index is 12.8. The Morgan fingerprint density at radius 1 is 1.17 bits per heavy atom. The Kier molecular flexibility index (Phi) is 5.98. The van der Waals surface area contributed by atoms with Crippen molar-refractivity contribution >= 4 is 41.0 Å². The van der Waals surface area contributed by atoms with E-state index < -0.39 is 29.5 Å². The number of carbonyl (C=O) groups is 2. The summed E-state index contributed by atoms with van der Waals surface area (Å²) in [7, 11) is 0. The summed E-state index contributed by atoms with van der Waals surface area (Å²) in [5.74, 6) is -2.45. The first-order valence-corrected chi connectivity index (χ1v) is 9.20. The topological polar surface area (TPSA) is 70.0 Å². The number of nitrogens with zero attached hydrogens (tertiary/aromatic N) is 2. The van der Waals surface area contributed by atoms with Crippen LogP contribution in [-0.2, 0) is 15.8 Å². The highest BCUT2D eigenvalue weighted by molar-refractivity contribution is 6.30. The van der Waals surface area contributed by atoms with Crippen molar-refractivity contribution in [1.29, 1.82) is 0 Å². The zero-order valence-electron chi connectivity index (χ0n) is 15.7. The van der Waals surface area contributed by atoms with Gasteiger partial charge in [0.15, 0.2) is 0 Å². The number of hydrazone groups is 1. The van der Waals surface area contributed by atoms with E-state index in [4.69, 9.17) is 11.6 Å². The van der Waals surface area contributed by atoms with Crippen LogP contribution in [0, 0.1) is 5.92 Å². The second-order valence-corrected chi connectivity index (χ2v) is 7.16. The number of alkyl halides is 3. The van der Waals surface area contributed by atoms with E-state index in [0.717, 1.165) is 12.1 Å². The minimum absolute atomic E-state index is 0.111. The van der Waals surface area contributed by atoms with Crippen LogP contribution in [0.5, 0.6) is 0 Å². The van der Waals surface area contributed by atoms with E-state index in [-0.39, 0.29) is 17.6 Å². The Balaban J connectivity index is 1.82. The van der Waals surface area contributed by atoms with E-state index in [0.29, 0.717) is 16.4 Å². The second kappa shape index (κ2) is 8.31. The van der Waals surface area contributed by atoms with Gasteiger partial charge in [0.1, 0.15) is 0 Å². The standard InChI is InChI=1S/C21H16ClF3N2O3/c1-12-18(19(28)27(26-12)17-8-6-16(22)7-9-17)11-14(20(29)30)10-13-2-4-15(5-3-13)21(23,24)25/h2-10,18H,11H2,1H3,(H,29,30). The van der Waals surface area contributed by atoms with Gasteiger partial charge in [-0.3, -0.25) is 4.79 Å². The van der Waals surface area contributed by atoms with Crippen molar-refractivity contribution in [3.8, 4) is 0 Å². The van der Waals surface area contributed by atoms with Gasteiger partial charge >= 0.3 is 12.1 Å². The van der Waals surface area contributed by atoms with Crippen molar-refractivity contribution in [3.05, 3.63) is 70.3 Å². The molecule has 0 spiro atoms. The quantitative estimate of drug-likeness (QED) is 0.650. The summed E-state index contributed by atoms with van der Waals surface area (Å²) >= 11 is 5.85. The summed E-state index contributed by atoms with van der Waals surface area (Å²) in [6.45, 7) is 1.62. The van der Waals surface area contributed by atoms with Gasteiger partial charge in [0.2, 0.25) is 0 Å². The lowest BCUT2D eigenvalue weighted by Gasteiger charge is -2.15. The number of amides is 1. The molecule has 1 atom stereocenters. The van der Waals surface area contributed by atoms with E-state index in [1.54, 1.807) is 31.2 Å². The molecule has 2 aromatic rings. The fourth-order valence-electron chi connectivity index (χ4n) is 3.00. The molecule has 1 amide bonds. The van der Waals surface area contributed by atoms with E-state index >= 15 is 0 Å². The Labute approximate surface area is 175 Å². The molecule has 0 bridgehead atoms. The van der Waals surface area contributed by atoms with Gasteiger partial charge in [-0.1, -0.05) is 23.7 Å². The molecule has 1 aliphatic rings. The fraction of sp³-hybridized carbons (Fsp3) is 0.190. The third kappa shape index (κ3) is 4.71. The molecule has 1 heterocycles. The van der Waals surface area contributed by atoms with Gasteiger partial charge < -0.3 is 5.11 Å². The second-order valence-electron chi connectivity index (χ2n) is 6.72. The molecule has 0 saturated carbocycles. The highest BCUT2D eigenvalue weighted by Crippen LogP contribution is 2.31. The summed E-state index contributed by atoms with van der Waals surface area (Å²) in [6, 6.07) is 10.6. The van der Waals surface area contributed by atoms with Crippen LogP contribution in [0.3, 0.4) is 0 Å². The number of anilines is 1. The fourth-order valence-corrected chi connectivity index (χ4v) is 3.13. The SMILES string of the molecule is CC1=NN(c2ccc(Cl)cc2)C(=O)C1CC(=Cc1ccc(C(F)(F)F)cc1)C(=O)O. The molecule has 0 aromatic heterocycles. The molecule has 1 unspecified atom stereocenters. The Morgan fingerprint density at radius 3 is 2.30 bits per heavy atom. The number of hydrogen-bond acceptors (Lipinski definition) is 3. The monoisotopic (exact) mass is 436 g/mol. The smallest absolute Gasteiger partial charge is 0.416 e. The molecule has 3 rings (SSSR count). The van der Waals surface area contributed by atoms with E-state index in [2.05, 4.69) is 5.10 Å². The van der Waals surface area contributed by atoms with Crippen molar-refractivity contribution in [1.82, 2.24) is 0 Å². The van der Waals surface area contributed by atoms with E-state index in [9.17, 15) is 27.9 Å². The first kappa shape index (κ1) is 21.6. The van der Waals surface area contributed by atoms with Gasteiger partial charge in [-0.05, 0) is 61.4 Å². The maximum Gasteiger partial charge on any atom is 0.416 e. The lowest BCUT2D eigenvalue weighted by atomic mass is 9.93. The van der Waals surface area contributed by atoms with Crippen LogP contribution in [0.2, 0.25) is 5.02 Å².